The summed E-state index contributed by atoms with van der Waals surface area (Å²) in [5.41, 5.74) is 1.84. The van der Waals surface area contributed by atoms with Gasteiger partial charge in [-0.3, -0.25) is 4.99 Å². The van der Waals surface area contributed by atoms with Crippen LogP contribution in [-0.4, -0.2) is 33.5 Å². The summed E-state index contributed by atoms with van der Waals surface area (Å²) in [6.07, 6.45) is 1.02. The van der Waals surface area contributed by atoms with E-state index in [1.165, 1.54) is 0 Å². The van der Waals surface area contributed by atoms with E-state index in [1.54, 1.807) is 7.05 Å². The van der Waals surface area contributed by atoms with E-state index in [0.29, 0.717) is 12.6 Å². The average molecular weight is 482 g/mol. The van der Waals surface area contributed by atoms with Crippen molar-refractivity contribution in [1.82, 2.24) is 15.4 Å². The summed E-state index contributed by atoms with van der Waals surface area (Å²) in [6, 6.07) is 7.83. The zero-order valence-corrected chi connectivity index (χ0v) is 18.8. The van der Waals surface area contributed by atoms with E-state index >= 15 is 0 Å². The highest BCUT2D eigenvalue weighted by Crippen LogP contribution is 2.08. The first-order chi connectivity index (χ1) is 11.3. The second kappa shape index (κ2) is 11.7. The summed E-state index contributed by atoms with van der Waals surface area (Å²) in [6.45, 7) is 8.48. The molecule has 0 bridgehead atoms. The number of rotatable bonds is 8. The first-order valence-electron chi connectivity index (χ1n) is 8.30. The van der Waals surface area contributed by atoms with E-state index in [9.17, 15) is 8.42 Å². The van der Waals surface area contributed by atoms with Gasteiger partial charge in [0.25, 0.3) is 0 Å². The Bertz CT molecular complexity index is 631. The van der Waals surface area contributed by atoms with Crippen molar-refractivity contribution in [3.05, 3.63) is 35.4 Å². The maximum absolute atomic E-state index is 11.9. The van der Waals surface area contributed by atoms with Gasteiger partial charge < -0.3 is 10.6 Å². The molecule has 1 rings (SSSR count). The number of halogens is 1. The summed E-state index contributed by atoms with van der Waals surface area (Å²) in [4.78, 5) is 4.19. The number of nitrogens with one attached hydrogen (secondary N) is 3. The molecule has 6 nitrogen and oxygen atoms in total. The van der Waals surface area contributed by atoms with Gasteiger partial charge in [-0.2, -0.15) is 0 Å². The van der Waals surface area contributed by atoms with Gasteiger partial charge in [-0.1, -0.05) is 31.2 Å². The number of sulfonamides is 1. The van der Waals surface area contributed by atoms with Gasteiger partial charge in [0.1, 0.15) is 0 Å². The lowest BCUT2D eigenvalue weighted by Crippen LogP contribution is -2.41. The highest BCUT2D eigenvalue weighted by atomic mass is 127. The molecular formula is C17H31IN4O2S. The first kappa shape index (κ1) is 24.1. The van der Waals surface area contributed by atoms with Gasteiger partial charge in [0.15, 0.2) is 5.96 Å². The normalized spacial score (nSPS) is 13.3. The van der Waals surface area contributed by atoms with Crippen LogP contribution in [0.25, 0.3) is 0 Å². The van der Waals surface area contributed by atoms with Crippen LogP contribution in [0.15, 0.2) is 29.3 Å². The molecule has 1 aromatic rings. The first-order valence-corrected chi connectivity index (χ1v) is 9.96. The summed E-state index contributed by atoms with van der Waals surface area (Å²) in [5, 5.41) is 6.55. The molecule has 0 saturated heterocycles. The largest absolute Gasteiger partial charge is 0.354 e. The molecule has 0 aliphatic rings. The van der Waals surface area contributed by atoms with E-state index in [0.717, 1.165) is 23.5 Å². The van der Waals surface area contributed by atoms with E-state index in [4.69, 9.17) is 0 Å². The second-order valence-electron chi connectivity index (χ2n) is 6.23. The third-order valence-electron chi connectivity index (χ3n) is 3.47. The Balaban J connectivity index is 0.00000576. The summed E-state index contributed by atoms with van der Waals surface area (Å²) >= 11 is 0. The minimum absolute atomic E-state index is 0. The maximum Gasteiger partial charge on any atom is 0.216 e. The van der Waals surface area contributed by atoms with E-state index in [2.05, 4.69) is 34.2 Å². The second-order valence-corrected chi connectivity index (χ2v) is 7.98. The predicted octanol–water partition coefficient (Wildman–Crippen LogP) is 2.60. The SMILES string of the molecule is CCC(C)NC(=NC)NCc1ccc(CS(=O)(=O)NC(C)C)cc1.I. The van der Waals surface area contributed by atoms with Crippen molar-refractivity contribution in [3.63, 3.8) is 0 Å². The lowest BCUT2D eigenvalue weighted by molar-refractivity contribution is 0.569. The molecule has 144 valence electrons. The molecule has 8 heteroatoms. The van der Waals surface area contributed by atoms with Crippen LogP contribution in [0.1, 0.15) is 45.2 Å². The standard InChI is InChI=1S/C17H30N4O2S.HI/c1-6-14(4)20-17(18-5)19-11-15-7-9-16(10-8-15)12-24(22,23)21-13(2)3;/h7-10,13-14,21H,6,11-12H2,1-5H3,(H2,18,19,20);1H. The molecule has 0 saturated carbocycles. The van der Waals surface area contributed by atoms with E-state index < -0.39 is 10.0 Å². The molecule has 1 aromatic carbocycles. The molecule has 0 amide bonds. The van der Waals surface area contributed by atoms with Gasteiger partial charge in [-0.25, -0.2) is 13.1 Å². The lowest BCUT2D eigenvalue weighted by atomic mass is 10.1. The van der Waals surface area contributed by atoms with E-state index in [-0.39, 0.29) is 35.8 Å². The molecule has 0 heterocycles. The maximum atomic E-state index is 11.9. The summed E-state index contributed by atoms with van der Waals surface area (Å²) in [5.74, 6) is 0.757. The van der Waals surface area contributed by atoms with Gasteiger partial charge in [0.2, 0.25) is 10.0 Å². The Kier molecular flexibility index (Phi) is 11.3. The molecule has 0 radical (unpaired) electrons. The van der Waals surface area contributed by atoms with Crippen molar-refractivity contribution in [2.75, 3.05) is 7.05 Å². The molecule has 0 aromatic heterocycles. The van der Waals surface area contributed by atoms with E-state index in [1.807, 2.05) is 38.1 Å². The Labute approximate surface area is 169 Å². The lowest BCUT2D eigenvalue weighted by Gasteiger charge is -2.16. The fourth-order valence-electron chi connectivity index (χ4n) is 2.09. The number of benzene rings is 1. The number of guanidine groups is 1. The predicted molar refractivity (Wildman–Crippen MR) is 116 cm³/mol. The topological polar surface area (TPSA) is 82.6 Å². The molecule has 0 fully saturated rings. The van der Waals surface area contributed by atoms with Crippen molar-refractivity contribution in [2.24, 2.45) is 4.99 Å². The van der Waals surface area contributed by atoms with Crippen LogP contribution in [0.4, 0.5) is 0 Å². The molecule has 1 unspecified atom stereocenters. The van der Waals surface area contributed by atoms with Gasteiger partial charge in [-0.15, -0.1) is 24.0 Å². The monoisotopic (exact) mass is 482 g/mol. The molecule has 0 aliphatic heterocycles. The smallest absolute Gasteiger partial charge is 0.216 e. The molecular weight excluding hydrogens is 451 g/mol. The highest BCUT2D eigenvalue weighted by molar-refractivity contribution is 14.0. The van der Waals surface area contributed by atoms with Crippen LogP contribution < -0.4 is 15.4 Å². The molecule has 1 atom stereocenters. The van der Waals surface area contributed by atoms with Crippen molar-refractivity contribution in [2.45, 2.75) is 58.5 Å². The number of hydrogen-bond acceptors (Lipinski definition) is 3. The van der Waals surface area contributed by atoms with Crippen LogP contribution in [0, 0.1) is 0 Å². The number of hydrogen-bond donors (Lipinski definition) is 3. The Morgan fingerprint density at radius 3 is 2.16 bits per heavy atom. The quantitative estimate of drug-likeness (QED) is 0.302. The zero-order valence-electron chi connectivity index (χ0n) is 15.7. The molecule has 3 N–H and O–H groups in total. The third-order valence-corrected chi connectivity index (χ3v) is 5.02. The molecule has 25 heavy (non-hydrogen) atoms. The van der Waals surface area contributed by atoms with Gasteiger partial charge >= 0.3 is 0 Å². The minimum atomic E-state index is -3.29. The van der Waals surface area contributed by atoms with Crippen LogP contribution in [0.2, 0.25) is 0 Å². The summed E-state index contributed by atoms with van der Waals surface area (Å²) in [7, 11) is -1.54. The number of aliphatic imine (C=N–C) groups is 1. The zero-order chi connectivity index (χ0) is 18.2. The Hall–Kier alpha value is -0.870. The molecule has 0 aliphatic carbocycles. The fourth-order valence-corrected chi connectivity index (χ4v) is 3.52. The Morgan fingerprint density at radius 2 is 1.68 bits per heavy atom. The Morgan fingerprint density at radius 1 is 1.12 bits per heavy atom. The molecule has 0 spiro atoms. The van der Waals surface area contributed by atoms with Crippen molar-refractivity contribution < 1.29 is 8.42 Å². The summed E-state index contributed by atoms with van der Waals surface area (Å²) < 4.78 is 26.5. The van der Waals surface area contributed by atoms with Crippen molar-refractivity contribution in [1.29, 1.82) is 0 Å². The third kappa shape index (κ3) is 10.0. The minimum Gasteiger partial charge on any atom is -0.354 e. The van der Waals surface area contributed by atoms with Gasteiger partial charge in [0, 0.05) is 25.7 Å². The average Bonchev–Trinajstić information content (AvgIpc) is 2.50. The van der Waals surface area contributed by atoms with Gasteiger partial charge in [-0.05, 0) is 38.3 Å². The van der Waals surface area contributed by atoms with Crippen molar-refractivity contribution >= 4 is 40.0 Å². The highest BCUT2D eigenvalue weighted by Gasteiger charge is 2.12. The van der Waals surface area contributed by atoms with Crippen LogP contribution in [-0.2, 0) is 22.3 Å². The number of nitrogens with zero attached hydrogens (tertiary/aromatic N) is 1. The van der Waals surface area contributed by atoms with Crippen LogP contribution in [0.5, 0.6) is 0 Å². The fraction of sp³-hybridized carbons (Fsp3) is 0.588. The van der Waals surface area contributed by atoms with Crippen LogP contribution >= 0.6 is 24.0 Å². The van der Waals surface area contributed by atoms with Gasteiger partial charge in [0.05, 0.1) is 5.75 Å². The van der Waals surface area contributed by atoms with Crippen molar-refractivity contribution in [3.8, 4) is 0 Å². The van der Waals surface area contributed by atoms with Crippen LogP contribution in [0.3, 0.4) is 0 Å².